The van der Waals surface area contributed by atoms with Crippen LogP contribution in [-0.2, 0) is 14.6 Å². The number of rotatable bonds is 4. The molecule has 2 rings (SSSR count). The lowest BCUT2D eigenvalue weighted by molar-refractivity contribution is 0.0812. The molecule has 1 aromatic rings. The Morgan fingerprint density at radius 2 is 2.26 bits per heavy atom. The zero-order chi connectivity index (χ0) is 13.9. The Labute approximate surface area is 112 Å². The summed E-state index contributed by atoms with van der Waals surface area (Å²) >= 11 is 0. The monoisotopic (exact) mass is 287 g/mol. The van der Waals surface area contributed by atoms with Crippen molar-refractivity contribution in [3.8, 4) is 0 Å². The number of ether oxygens (including phenoxy) is 1. The van der Waals surface area contributed by atoms with Crippen LogP contribution in [0.4, 0.5) is 4.39 Å². The summed E-state index contributed by atoms with van der Waals surface area (Å²) in [6.07, 6.45) is 0.646. The van der Waals surface area contributed by atoms with Crippen LogP contribution >= 0.6 is 0 Å². The third-order valence-electron chi connectivity index (χ3n) is 3.29. The molecule has 0 aromatic heterocycles. The number of halogens is 1. The predicted octanol–water partition coefficient (Wildman–Crippen LogP) is 1.37. The van der Waals surface area contributed by atoms with Gasteiger partial charge in [0.25, 0.3) is 0 Å². The summed E-state index contributed by atoms with van der Waals surface area (Å²) in [5, 5.41) is 2.51. The van der Waals surface area contributed by atoms with Crippen LogP contribution in [0.2, 0.25) is 0 Å². The first kappa shape index (κ1) is 14.4. The summed E-state index contributed by atoms with van der Waals surface area (Å²) < 4.78 is 43.6. The Bertz CT molecular complexity index is 530. The number of hydrogen-bond acceptors (Lipinski definition) is 4. The molecule has 2 unspecified atom stereocenters. The minimum Gasteiger partial charge on any atom is -0.380 e. The second-order valence-corrected chi connectivity index (χ2v) is 6.74. The molecule has 1 saturated heterocycles. The topological polar surface area (TPSA) is 55.4 Å². The van der Waals surface area contributed by atoms with Crippen molar-refractivity contribution in [3.05, 3.63) is 30.1 Å². The standard InChI is InChI=1S/C13H18FNO3S/c1-2-15-12-6-7-18-9-13(12)19(16,17)11-5-3-4-10(14)8-11/h3-5,8,12-13,15H,2,6-7,9H2,1H3. The molecular weight excluding hydrogens is 269 g/mol. The van der Waals surface area contributed by atoms with Crippen LogP contribution in [0.1, 0.15) is 13.3 Å². The number of nitrogens with one attached hydrogen (secondary N) is 1. The Balaban J connectivity index is 2.31. The van der Waals surface area contributed by atoms with Crippen molar-refractivity contribution in [1.82, 2.24) is 5.32 Å². The molecule has 106 valence electrons. The average Bonchev–Trinajstić information content (AvgIpc) is 2.39. The van der Waals surface area contributed by atoms with Gasteiger partial charge in [0.1, 0.15) is 11.1 Å². The van der Waals surface area contributed by atoms with Gasteiger partial charge in [0.2, 0.25) is 0 Å². The van der Waals surface area contributed by atoms with E-state index in [-0.39, 0.29) is 17.5 Å². The van der Waals surface area contributed by atoms with Crippen molar-refractivity contribution in [2.24, 2.45) is 0 Å². The minimum atomic E-state index is -3.58. The highest BCUT2D eigenvalue weighted by atomic mass is 32.2. The highest BCUT2D eigenvalue weighted by Crippen LogP contribution is 2.23. The second-order valence-electron chi connectivity index (χ2n) is 4.57. The van der Waals surface area contributed by atoms with Gasteiger partial charge in [-0.1, -0.05) is 13.0 Å². The molecule has 0 amide bonds. The molecule has 0 aliphatic carbocycles. The smallest absolute Gasteiger partial charge is 0.185 e. The molecule has 1 fully saturated rings. The van der Waals surface area contributed by atoms with Crippen LogP contribution in [0.15, 0.2) is 29.2 Å². The molecule has 0 radical (unpaired) electrons. The molecule has 1 N–H and O–H groups in total. The molecule has 1 aliphatic rings. The summed E-state index contributed by atoms with van der Waals surface area (Å²) in [7, 11) is -3.58. The van der Waals surface area contributed by atoms with E-state index in [1.54, 1.807) is 0 Å². The van der Waals surface area contributed by atoms with Gasteiger partial charge in [-0.15, -0.1) is 0 Å². The van der Waals surface area contributed by atoms with Crippen LogP contribution in [0.5, 0.6) is 0 Å². The van der Waals surface area contributed by atoms with Gasteiger partial charge in [-0.3, -0.25) is 0 Å². The first-order chi connectivity index (χ1) is 9.05. The Kier molecular flexibility index (Phi) is 4.54. The number of hydrogen-bond donors (Lipinski definition) is 1. The second kappa shape index (κ2) is 5.98. The fourth-order valence-electron chi connectivity index (χ4n) is 2.33. The highest BCUT2D eigenvalue weighted by Gasteiger charge is 2.36. The molecule has 0 saturated carbocycles. The molecule has 4 nitrogen and oxygen atoms in total. The van der Waals surface area contributed by atoms with Gasteiger partial charge in [0, 0.05) is 12.6 Å². The molecule has 19 heavy (non-hydrogen) atoms. The SMILES string of the molecule is CCNC1CCOCC1S(=O)(=O)c1cccc(F)c1. The van der Waals surface area contributed by atoms with Crippen LogP contribution in [-0.4, -0.2) is 39.5 Å². The average molecular weight is 287 g/mol. The molecule has 6 heteroatoms. The lowest BCUT2D eigenvalue weighted by atomic mass is 10.1. The maximum Gasteiger partial charge on any atom is 0.185 e. The third-order valence-corrected chi connectivity index (χ3v) is 5.47. The maximum absolute atomic E-state index is 13.2. The van der Waals surface area contributed by atoms with Crippen LogP contribution in [0.3, 0.4) is 0 Å². The van der Waals surface area contributed by atoms with Crippen molar-refractivity contribution in [2.75, 3.05) is 19.8 Å². The van der Waals surface area contributed by atoms with Gasteiger partial charge < -0.3 is 10.1 Å². The van der Waals surface area contributed by atoms with Gasteiger partial charge in [0.15, 0.2) is 9.84 Å². The minimum absolute atomic E-state index is 0.0194. The molecular formula is C13H18FNO3S. The predicted molar refractivity (Wildman–Crippen MR) is 70.3 cm³/mol. The van der Waals surface area contributed by atoms with Gasteiger partial charge in [-0.05, 0) is 31.2 Å². The van der Waals surface area contributed by atoms with Crippen molar-refractivity contribution < 1.29 is 17.5 Å². The van der Waals surface area contributed by atoms with Crippen LogP contribution in [0.25, 0.3) is 0 Å². The molecule has 0 bridgehead atoms. The van der Waals surface area contributed by atoms with Gasteiger partial charge >= 0.3 is 0 Å². The molecule has 2 atom stereocenters. The van der Waals surface area contributed by atoms with Gasteiger partial charge in [-0.25, -0.2) is 12.8 Å². The van der Waals surface area contributed by atoms with Crippen LogP contribution in [0, 0.1) is 5.82 Å². The van der Waals surface area contributed by atoms with E-state index in [9.17, 15) is 12.8 Å². The molecule has 1 heterocycles. The summed E-state index contributed by atoms with van der Waals surface area (Å²) in [5.41, 5.74) is 0. The lowest BCUT2D eigenvalue weighted by Crippen LogP contribution is -2.50. The zero-order valence-corrected chi connectivity index (χ0v) is 11.6. The Morgan fingerprint density at radius 3 is 2.95 bits per heavy atom. The third kappa shape index (κ3) is 3.13. The summed E-state index contributed by atoms with van der Waals surface area (Å²) in [5.74, 6) is -0.544. The van der Waals surface area contributed by atoms with E-state index in [2.05, 4.69) is 5.32 Å². The van der Waals surface area contributed by atoms with Crippen molar-refractivity contribution in [3.63, 3.8) is 0 Å². The van der Waals surface area contributed by atoms with E-state index >= 15 is 0 Å². The number of sulfone groups is 1. The summed E-state index contributed by atoms with van der Waals surface area (Å²) in [6.45, 7) is 3.32. The Hall–Kier alpha value is -0.980. The van der Waals surface area contributed by atoms with E-state index in [0.29, 0.717) is 19.6 Å². The lowest BCUT2D eigenvalue weighted by Gasteiger charge is -2.31. The van der Waals surface area contributed by atoms with E-state index in [1.807, 2.05) is 6.92 Å². The fourth-order valence-corrected chi connectivity index (χ4v) is 4.17. The van der Waals surface area contributed by atoms with Gasteiger partial charge in [0.05, 0.1) is 11.5 Å². The van der Waals surface area contributed by atoms with E-state index in [0.717, 1.165) is 6.07 Å². The zero-order valence-electron chi connectivity index (χ0n) is 10.8. The first-order valence-electron chi connectivity index (χ1n) is 6.36. The molecule has 1 aliphatic heterocycles. The highest BCUT2D eigenvalue weighted by molar-refractivity contribution is 7.92. The fraction of sp³-hybridized carbons (Fsp3) is 0.538. The summed E-state index contributed by atoms with van der Waals surface area (Å²) in [6, 6.07) is 4.99. The van der Waals surface area contributed by atoms with E-state index in [1.165, 1.54) is 18.2 Å². The molecule has 1 aromatic carbocycles. The quantitative estimate of drug-likeness (QED) is 0.908. The van der Waals surface area contributed by atoms with Crippen LogP contribution < -0.4 is 5.32 Å². The number of benzene rings is 1. The largest absolute Gasteiger partial charge is 0.380 e. The van der Waals surface area contributed by atoms with Crippen molar-refractivity contribution in [1.29, 1.82) is 0 Å². The first-order valence-corrected chi connectivity index (χ1v) is 7.91. The summed E-state index contributed by atoms with van der Waals surface area (Å²) in [4.78, 5) is 0.0194. The van der Waals surface area contributed by atoms with Crippen molar-refractivity contribution >= 4 is 9.84 Å². The normalized spacial score (nSPS) is 24.3. The van der Waals surface area contributed by atoms with E-state index in [4.69, 9.17) is 4.74 Å². The van der Waals surface area contributed by atoms with E-state index < -0.39 is 20.9 Å². The molecule has 0 spiro atoms. The van der Waals surface area contributed by atoms with Gasteiger partial charge in [-0.2, -0.15) is 0 Å². The Morgan fingerprint density at radius 1 is 1.47 bits per heavy atom. The van der Waals surface area contributed by atoms with Crippen molar-refractivity contribution in [2.45, 2.75) is 29.5 Å². The maximum atomic E-state index is 13.2.